The number of nitrogens with one attached hydrogen (secondary N) is 1. The highest BCUT2D eigenvalue weighted by Crippen LogP contribution is 2.26. The van der Waals surface area contributed by atoms with Gasteiger partial charge in [-0.25, -0.2) is 16.8 Å². The molecule has 0 aliphatic carbocycles. The van der Waals surface area contributed by atoms with Crippen LogP contribution in [0.2, 0.25) is 0 Å². The van der Waals surface area contributed by atoms with Gasteiger partial charge in [-0.1, -0.05) is 17.7 Å². The molecule has 1 saturated heterocycles. The Morgan fingerprint density at radius 2 is 1.54 bits per heavy atom. The lowest BCUT2D eigenvalue weighted by Crippen LogP contribution is -2.41. The van der Waals surface area contributed by atoms with E-state index in [2.05, 4.69) is 5.32 Å². The third kappa shape index (κ3) is 7.80. The topological polar surface area (TPSA) is 122 Å². The minimum atomic E-state index is -4.01. The number of benzene rings is 3. The van der Waals surface area contributed by atoms with Crippen molar-refractivity contribution in [2.24, 2.45) is 0 Å². The molecule has 1 aliphatic heterocycles. The maximum absolute atomic E-state index is 13.5. The number of nitrogens with zero attached hydrogens (tertiary/aromatic N) is 2. The first-order chi connectivity index (χ1) is 19.6. The number of carbonyl (C=O) groups is 1. The predicted octanol–water partition coefficient (Wildman–Crippen LogP) is 3.13. The Kier molecular flexibility index (Phi) is 10.3. The van der Waals surface area contributed by atoms with Crippen molar-refractivity contribution in [3.63, 3.8) is 0 Å². The van der Waals surface area contributed by atoms with Crippen LogP contribution in [0.1, 0.15) is 5.56 Å². The SMILES string of the molecule is CSc1ccc(S(=O)(=O)N(CC(=O)NCCOc2ccc(S(=O)(=O)N3CCOCC3)cc2)c2ccc(C)cc2)cc1. The van der Waals surface area contributed by atoms with Gasteiger partial charge in [0, 0.05) is 18.0 Å². The van der Waals surface area contributed by atoms with Crippen LogP contribution in [-0.2, 0) is 29.6 Å². The molecule has 10 nitrogen and oxygen atoms in total. The molecule has 4 rings (SSSR count). The van der Waals surface area contributed by atoms with Crippen molar-refractivity contribution < 1.29 is 31.1 Å². The second-order valence-electron chi connectivity index (χ2n) is 9.21. The molecule has 3 aromatic rings. The van der Waals surface area contributed by atoms with Crippen LogP contribution in [0.5, 0.6) is 5.75 Å². The second kappa shape index (κ2) is 13.7. The van der Waals surface area contributed by atoms with Crippen LogP contribution in [0.15, 0.2) is 87.5 Å². The van der Waals surface area contributed by atoms with E-state index in [1.165, 1.54) is 40.3 Å². The lowest BCUT2D eigenvalue weighted by atomic mass is 10.2. The summed E-state index contributed by atoms with van der Waals surface area (Å²) in [7, 11) is -7.61. The molecule has 0 radical (unpaired) electrons. The first-order valence-corrected chi connectivity index (χ1v) is 17.0. The average Bonchev–Trinajstić information content (AvgIpc) is 2.99. The maximum Gasteiger partial charge on any atom is 0.264 e. The number of aryl methyl sites for hydroxylation is 1. The zero-order valence-corrected chi connectivity index (χ0v) is 25.3. The van der Waals surface area contributed by atoms with Gasteiger partial charge in [0.15, 0.2) is 0 Å². The highest BCUT2D eigenvalue weighted by atomic mass is 32.2. The lowest BCUT2D eigenvalue weighted by molar-refractivity contribution is -0.119. The summed E-state index contributed by atoms with van der Waals surface area (Å²) in [6.45, 7) is 3.07. The summed E-state index contributed by atoms with van der Waals surface area (Å²) < 4.78 is 65.9. The number of ether oxygens (including phenoxy) is 2. The summed E-state index contributed by atoms with van der Waals surface area (Å²) in [6.07, 6.45) is 1.91. The molecule has 0 atom stereocenters. The number of amides is 1. The Hall–Kier alpha value is -3.10. The van der Waals surface area contributed by atoms with E-state index in [0.717, 1.165) is 14.8 Å². The van der Waals surface area contributed by atoms with Crippen molar-refractivity contribution in [2.75, 3.05) is 56.6 Å². The van der Waals surface area contributed by atoms with Crippen LogP contribution in [0.25, 0.3) is 0 Å². The molecule has 220 valence electrons. The van der Waals surface area contributed by atoms with Crippen molar-refractivity contribution in [1.82, 2.24) is 9.62 Å². The molecule has 41 heavy (non-hydrogen) atoms. The van der Waals surface area contributed by atoms with Gasteiger partial charge < -0.3 is 14.8 Å². The van der Waals surface area contributed by atoms with Crippen LogP contribution in [-0.4, -0.2) is 79.3 Å². The average molecular weight is 620 g/mol. The van der Waals surface area contributed by atoms with Gasteiger partial charge in [0.2, 0.25) is 15.9 Å². The summed E-state index contributed by atoms with van der Waals surface area (Å²) in [4.78, 5) is 14.0. The summed E-state index contributed by atoms with van der Waals surface area (Å²) >= 11 is 1.50. The molecule has 1 fully saturated rings. The van der Waals surface area contributed by atoms with Gasteiger partial charge >= 0.3 is 0 Å². The minimum Gasteiger partial charge on any atom is -0.492 e. The predicted molar refractivity (Wildman–Crippen MR) is 158 cm³/mol. The Labute approximate surface area is 245 Å². The number of hydrogen-bond acceptors (Lipinski definition) is 8. The van der Waals surface area contributed by atoms with Crippen LogP contribution >= 0.6 is 11.8 Å². The third-order valence-electron chi connectivity index (χ3n) is 6.38. The summed E-state index contributed by atoms with van der Waals surface area (Å²) in [5.41, 5.74) is 1.34. The van der Waals surface area contributed by atoms with E-state index in [1.54, 1.807) is 48.5 Å². The number of sulfonamides is 2. The van der Waals surface area contributed by atoms with Crippen molar-refractivity contribution in [3.05, 3.63) is 78.4 Å². The van der Waals surface area contributed by atoms with Gasteiger partial charge in [0.1, 0.15) is 18.9 Å². The summed E-state index contributed by atoms with van der Waals surface area (Å²) in [6, 6.07) is 19.5. The molecule has 0 aromatic heterocycles. The number of thioether (sulfide) groups is 1. The monoisotopic (exact) mass is 619 g/mol. The molecule has 0 bridgehead atoms. The van der Waals surface area contributed by atoms with Crippen molar-refractivity contribution in [1.29, 1.82) is 0 Å². The van der Waals surface area contributed by atoms with Gasteiger partial charge in [-0.15, -0.1) is 11.8 Å². The van der Waals surface area contributed by atoms with Crippen molar-refractivity contribution in [2.45, 2.75) is 21.6 Å². The quantitative estimate of drug-likeness (QED) is 0.243. The number of anilines is 1. The fourth-order valence-electron chi connectivity index (χ4n) is 4.09. The number of morpholine rings is 1. The summed E-state index contributed by atoms with van der Waals surface area (Å²) in [5, 5.41) is 2.70. The fraction of sp³-hybridized carbons (Fsp3) is 0.321. The van der Waals surface area contributed by atoms with Crippen LogP contribution in [0, 0.1) is 6.92 Å². The molecular weight excluding hydrogens is 587 g/mol. The Morgan fingerprint density at radius 3 is 2.15 bits per heavy atom. The fourth-order valence-corrected chi connectivity index (χ4v) is 7.33. The Morgan fingerprint density at radius 1 is 0.927 bits per heavy atom. The third-order valence-corrected chi connectivity index (χ3v) is 10.8. The molecule has 0 spiro atoms. The number of carbonyl (C=O) groups excluding carboxylic acids is 1. The Balaban J connectivity index is 1.35. The second-order valence-corrected chi connectivity index (χ2v) is 13.9. The van der Waals surface area contributed by atoms with E-state index in [0.29, 0.717) is 37.7 Å². The van der Waals surface area contributed by atoms with E-state index in [-0.39, 0.29) is 22.9 Å². The highest BCUT2D eigenvalue weighted by molar-refractivity contribution is 7.98. The zero-order valence-electron chi connectivity index (χ0n) is 22.9. The molecular formula is C28H33N3O7S3. The number of hydrogen-bond donors (Lipinski definition) is 1. The zero-order chi connectivity index (χ0) is 29.5. The van der Waals surface area contributed by atoms with Gasteiger partial charge in [-0.05, 0) is 73.8 Å². The summed E-state index contributed by atoms with van der Waals surface area (Å²) in [5.74, 6) is -0.0526. The van der Waals surface area contributed by atoms with Gasteiger partial charge in [-0.3, -0.25) is 9.10 Å². The maximum atomic E-state index is 13.5. The van der Waals surface area contributed by atoms with E-state index in [4.69, 9.17) is 9.47 Å². The molecule has 0 unspecified atom stereocenters. The molecule has 1 heterocycles. The molecule has 1 N–H and O–H groups in total. The first kappa shape index (κ1) is 30.8. The minimum absolute atomic E-state index is 0.0890. The molecule has 13 heteroatoms. The number of rotatable bonds is 12. The Bertz CT molecular complexity index is 1520. The smallest absolute Gasteiger partial charge is 0.264 e. The van der Waals surface area contributed by atoms with Crippen molar-refractivity contribution >= 4 is 43.4 Å². The van der Waals surface area contributed by atoms with Gasteiger partial charge in [-0.2, -0.15) is 4.31 Å². The largest absolute Gasteiger partial charge is 0.492 e. The molecule has 0 saturated carbocycles. The standard InChI is InChI=1S/C28H33N3O7S3/c1-22-3-5-23(6-4-22)31(41(35,36)27-13-9-25(39-2)10-14-27)21-28(32)29-15-18-38-24-7-11-26(12-8-24)40(33,34)30-16-19-37-20-17-30/h3-14H,15-21H2,1-2H3,(H,29,32). The van der Waals surface area contributed by atoms with E-state index >= 15 is 0 Å². The van der Waals surface area contributed by atoms with E-state index in [9.17, 15) is 21.6 Å². The van der Waals surface area contributed by atoms with Gasteiger partial charge in [0.05, 0.1) is 35.2 Å². The highest BCUT2D eigenvalue weighted by Gasteiger charge is 2.28. The molecule has 1 aliphatic rings. The van der Waals surface area contributed by atoms with E-state index in [1.807, 2.05) is 13.2 Å². The molecule has 3 aromatic carbocycles. The lowest BCUT2D eigenvalue weighted by Gasteiger charge is -2.26. The van der Waals surface area contributed by atoms with E-state index < -0.39 is 32.5 Å². The van der Waals surface area contributed by atoms with Crippen molar-refractivity contribution in [3.8, 4) is 5.75 Å². The normalized spacial score (nSPS) is 14.4. The first-order valence-electron chi connectivity index (χ1n) is 12.9. The van der Waals surface area contributed by atoms with Gasteiger partial charge in [0.25, 0.3) is 10.0 Å². The molecule has 1 amide bonds. The van der Waals surface area contributed by atoms with Crippen LogP contribution in [0.4, 0.5) is 5.69 Å². The van der Waals surface area contributed by atoms with Crippen LogP contribution in [0.3, 0.4) is 0 Å². The van der Waals surface area contributed by atoms with Crippen LogP contribution < -0.4 is 14.4 Å².